The number of carboxylic acids is 1. The quantitative estimate of drug-likeness (QED) is 0.855. The molecule has 0 bridgehead atoms. The standard InChI is InChI=1S/C16H19F2N3O2/c1-10(2)7-16(19,14(22)23)13-5-3-11(4-6-13)12-8-20-21(9-12)15(17)18/h3-6,8-10,15H,7,19H2,1-2H3,(H,22,23)/t16-/m1/s1. The molecule has 124 valence electrons. The lowest BCUT2D eigenvalue weighted by atomic mass is 9.83. The first-order chi connectivity index (χ1) is 10.7. The van der Waals surface area contributed by atoms with Gasteiger partial charge in [0.05, 0.1) is 6.20 Å². The first kappa shape index (κ1) is 17.1. The summed E-state index contributed by atoms with van der Waals surface area (Å²) in [7, 11) is 0. The zero-order chi connectivity index (χ0) is 17.2. The number of rotatable bonds is 6. The molecule has 7 heteroatoms. The molecule has 0 aliphatic heterocycles. The largest absolute Gasteiger partial charge is 0.480 e. The summed E-state index contributed by atoms with van der Waals surface area (Å²) in [5.41, 5.74) is 6.28. The molecule has 0 saturated heterocycles. The highest BCUT2D eigenvalue weighted by Gasteiger charge is 2.36. The van der Waals surface area contributed by atoms with Crippen molar-refractivity contribution in [3.8, 4) is 11.1 Å². The van der Waals surface area contributed by atoms with Crippen molar-refractivity contribution >= 4 is 5.97 Å². The Labute approximate surface area is 132 Å². The van der Waals surface area contributed by atoms with E-state index in [1.165, 1.54) is 12.4 Å². The Morgan fingerprint density at radius 2 is 1.91 bits per heavy atom. The molecular weight excluding hydrogens is 304 g/mol. The Kier molecular flexibility index (Phi) is 4.79. The molecule has 1 aromatic carbocycles. The van der Waals surface area contributed by atoms with Crippen LogP contribution in [0.15, 0.2) is 36.7 Å². The second-order valence-electron chi connectivity index (χ2n) is 5.94. The van der Waals surface area contributed by atoms with Gasteiger partial charge in [-0.3, -0.25) is 0 Å². The van der Waals surface area contributed by atoms with Crippen LogP contribution >= 0.6 is 0 Å². The second-order valence-corrected chi connectivity index (χ2v) is 5.94. The molecule has 0 amide bonds. The van der Waals surface area contributed by atoms with Crippen molar-refractivity contribution < 1.29 is 18.7 Å². The summed E-state index contributed by atoms with van der Waals surface area (Å²) in [5, 5.41) is 13.0. The Morgan fingerprint density at radius 3 is 2.35 bits per heavy atom. The first-order valence-corrected chi connectivity index (χ1v) is 7.19. The van der Waals surface area contributed by atoms with Crippen LogP contribution in [0.4, 0.5) is 8.78 Å². The topological polar surface area (TPSA) is 81.1 Å². The molecule has 5 nitrogen and oxygen atoms in total. The summed E-state index contributed by atoms with van der Waals surface area (Å²) in [5.74, 6) is -0.982. The van der Waals surface area contributed by atoms with Crippen molar-refractivity contribution in [2.45, 2.75) is 32.4 Å². The number of benzene rings is 1. The van der Waals surface area contributed by atoms with Crippen LogP contribution in [0.2, 0.25) is 0 Å². The van der Waals surface area contributed by atoms with Gasteiger partial charge in [-0.25, -0.2) is 9.48 Å². The molecule has 0 aliphatic carbocycles. The van der Waals surface area contributed by atoms with Gasteiger partial charge >= 0.3 is 12.5 Å². The van der Waals surface area contributed by atoms with E-state index in [0.717, 1.165) is 0 Å². The minimum atomic E-state index is -2.70. The molecule has 1 heterocycles. The Hall–Kier alpha value is -2.28. The van der Waals surface area contributed by atoms with E-state index in [2.05, 4.69) is 5.10 Å². The predicted molar refractivity (Wildman–Crippen MR) is 81.9 cm³/mol. The van der Waals surface area contributed by atoms with E-state index in [9.17, 15) is 18.7 Å². The molecule has 3 N–H and O–H groups in total. The van der Waals surface area contributed by atoms with Gasteiger partial charge in [-0.1, -0.05) is 38.1 Å². The number of carboxylic acid groups (broad SMARTS) is 1. The Balaban J connectivity index is 2.31. The van der Waals surface area contributed by atoms with Gasteiger partial charge in [-0.05, 0) is 23.5 Å². The average molecular weight is 323 g/mol. The SMILES string of the molecule is CC(C)C[C@](N)(C(=O)O)c1ccc(-c2cnn(C(F)F)c2)cc1. The van der Waals surface area contributed by atoms with Crippen LogP contribution in [0.25, 0.3) is 11.1 Å². The molecule has 23 heavy (non-hydrogen) atoms. The van der Waals surface area contributed by atoms with Crippen LogP contribution in [0.3, 0.4) is 0 Å². The summed E-state index contributed by atoms with van der Waals surface area (Å²) in [4.78, 5) is 11.6. The number of nitrogens with zero attached hydrogens (tertiary/aromatic N) is 2. The highest BCUT2D eigenvalue weighted by Crippen LogP contribution is 2.29. The van der Waals surface area contributed by atoms with Crippen LogP contribution in [-0.4, -0.2) is 20.9 Å². The molecular formula is C16H19F2N3O2. The maximum Gasteiger partial charge on any atom is 0.333 e. The molecule has 1 atom stereocenters. The molecule has 0 radical (unpaired) electrons. The number of aromatic nitrogens is 2. The van der Waals surface area contributed by atoms with Gasteiger partial charge in [-0.15, -0.1) is 0 Å². The lowest BCUT2D eigenvalue weighted by Crippen LogP contribution is -2.45. The molecule has 1 aromatic heterocycles. The summed E-state index contributed by atoms with van der Waals surface area (Å²) in [6.45, 7) is 1.10. The van der Waals surface area contributed by atoms with Crippen molar-refractivity contribution in [2.75, 3.05) is 0 Å². The molecule has 0 saturated carbocycles. The smallest absolute Gasteiger partial charge is 0.333 e. The molecule has 2 aromatic rings. The monoisotopic (exact) mass is 323 g/mol. The van der Waals surface area contributed by atoms with Gasteiger partial charge in [0.25, 0.3) is 0 Å². The summed E-state index contributed by atoms with van der Waals surface area (Å²) < 4.78 is 25.7. The Morgan fingerprint density at radius 1 is 1.30 bits per heavy atom. The highest BCUT2D eigenvalue weighted by molar-refractivity contribution is 5.81. The summed E-state index contributed by atoms with van der Waals surface area (Å²) >= 11 is 0. The third-order valence-corrected chi connectivity index (χ3v) is 3.65. The van der Waals surface area contributed by atoms with Gasteiger partial charge < -0.3 is 10.8 Å². The summed E-state index contributed by atoms with van der Waals surface area (Å²) in [6, 6.07) is 6.55. The van der Waals surface area contributed by atoms with E-state index < -0.39 is 18.1 Å². The van der Waals surface area contributed by atoms with Crippen LogP contribution < -0.4 is 5.73 Å². The normalized spacial score (nSPS) is 14.2. The predicted octanol–water partition coefficient (Wildman–Crippen LogP) is 3.23. The number of nitrogens with two attached hydrogens (primary N) is 1. The maximum atomic E-state index is 12.5. The minimum Gasteiger partial charge on any atom is -0.480 e. The number of hydrogen-bond acceptors (Lipinski definition) is 3. The van der Waals surface area contributed by atoms with Crippen LogP contribution in [-0.2, 0) is 10.3 Å². The molecule has 0 aliphatic rings. The van der Waals surface area contributed by atoms with Crippen LogP contribution in [0.1, 0.15) is 32.4 Å². The van der Waals surface area contributed by atoms with Gasteiger partial charge in [0, 0.05) is 11.8 Å². The lowest BCUT2D eigenvalue weighted by Gasteiger charge is -2.27. The van der Waals surface area contributed by atoms with Crippen molar-refractivity contribution in [1.82, 2.24) is 9.78 Å². The lowest BCUT2D eigenvalue weighted by molar-refractivity contribution is -0.144. The number of carbonyl (C=O) groups is 1. The summed E-state index contributed by atoms with van der Waals surface area (Å²) in [6.07, 6.45) is 2.87. The average Bonchev–Trinajstić information content (AvgIpc) is 2.96. The molecule has 0 fully saturated rings. The Bertz CT molecular complexity index is 683. The first-order valence-electron chi connectivity index (χ1n) is 7.19. The number of hydrogen-bond donors (Lipinski definition) is 2. The van der Waals surface area contributed by atoms with Crippen LogP contribution in [0.5, 0.6) is 0 Å². The molecule has 0 unspecified atom stereocenters. The maximum absolute atomic E-state index is 12.5. The van der Waals surface area contributed by atoms with Crippen molar-refractivity contribution in [1.29, 1.82) is 0 Å². The van der Waals surface area contributed by atoms with E-state index in [1.54, 1.807) is 24.3 Å². The second kappa shape index (κ2) is 6.45. The van der Waals surface area contributed by atoms with Crippen molar-refractivity contribution in [3.63, 3.8) is 0 Å². The van der Waals surface area contributed by atoms with Crippen molar-refractivity contribution in [2.24, 2.45) is 11.7 Å². The fraction of sp³-hybridized carbons (Fsp3) is 0.375. The van der Waals surface area contributed by atoms with Gasteiger partial charge in [-0.2, -0.15) is 13.9 Å². The number of alkyl halides is 2. The highest BCUT2D eigenvalue weighted by atomic mass is 19.3. The number of halogens is 2. The van der Waals surface area contributed by atoms with E-state index in [-0.39, 0.29) is 5.92 Å². The van der Waals surface area contributed by atoms with E-state index >= 15 is 0 Å². The van der Waals surface area contributed by atoms with E-state index in [0.29, 0.717) is 27.8 Å². The fourth-order valence-electron chi connectivity index (χ4n) is 2.53. The minimum absolute atomic E-state index is 0.111. The fourth-order valence-corrected chi connectivity index (χ4v) is 2.53. The zero-order valence-electron chi connectivity index (χ0n) is 12.9. The molecule has 2 rings (SSSR count). The zero-order valence-corrected chi connectivity index (χ0v) is 12.9. The van der Waals surface area contributed by atoms with Crippen LogP contribution in [0, 0.1) is 5.92 Å². The van der Waals surface area contributed by atoms with Gasteiger partial charge in [0.2, 0.25) is 0 Å². The van der Waals surface area contributed by atoms with Gasteiger partial charge in [0.1, 0.15) is 5.54 Å². The third-order valence-electron chi connectivity index (χ3n) is 3.65. The molecule has 0 spiro atoms. The third kappa shape index (κ3) is 3.56. The number of aliphatic carboxylic acids is 1. The van der Waals surface area contributed by atoms with Crippen molar-refractivity contribution in [3.05, 3.63) is 42.2 Å². The van der Waals surface area contributed by atoms with E-state index in [1.807, 2.05) is 13.8 Å². The van der Waals surface area contributed by atoms with E-state index in [4.69, 9.17) is 5.73 Å². The van der Waals surface area contributed by atoms with Gasteiger partial charge in [0.15, 0.2) is 0 Å².